The molecule has 22 heavy (non-hydrogen) atoms. The number of fused-ring (bicyclic) bond motifs is 1. The molecule has 10 heteroatoms. The minimum Gasteiger partial charge on any atom is -0.393 e. The van der Waals surface area contributed by atoms with Gasteiger partial charge < -0.3 is 20.7 Å². The van der Waals surface area contributed by atoms with E-state index >= 15 is 0 Å². The molecule has 0 saturated carbocycles. The van der Waals surface area contributed by atoms with E-state index < -0.39 is 36.1 Å². The van der Waals surface area contributed by atoms with Gasteiger partial charge in [0, 0.05) is 0 Å². The first-order valence-electron chi connectivity index (χ1n) is 6.41. The van der Waals surface area contributed by atoms with Gasteiger partial charge in [-0.1, -0.05) is 6.08 Å². The van der Waals surface area contributed by atoms with E-state index in [0.717, 1.165) is 10.6 Å². The van der Waals surface area contributed by atoms with Crippen molar-refractivity contribution in [3.8, 4) is 0 Å². The van der Waals surface area contributed by atoms with Gasteiger partial charge in [0.05, 0.1) is 18.5 Å². The van der Waals surface area contributed by atoms with Crippen LogP contribution < -0.4 is 11.3 Å². The van der Waals surface area contributed by atoms with E-state index in [2.05, 4.69) is 21.6 Å². The molecular weight excluding hydrogens is 297 g/mol. The van der Waals surface area contributed by atoms with Crippen LogP contribution in [0.3, 0.4) is 0 Å². The summed E-state index contributed by atoms with van der Waals surface area (Å²) in [5.74, 6) is -0.178. The third kappa shape index (κ3) is 1.85. The van der Waals surface area contributed by atoms with Crippen LogP contribution in [0.1, 0.15) is 11.8 Å². The summed E-state index contributed by atoms with van der Waals surface area (Å²) in [4.78, 5) is 17.8. The number of aliphatic hydroxyl groups is 2. The predicted octanol–water partition coefficient (Wildman–Crippen LogP) is -1.31. The van der Waals surface area contributed by atoms with Crippen LogP contribution in [0, 0.1) is 0 Å². The van der Waals surface area contributed by atoms with Crippen LogP contribution in [-0.2, 0) is 4.74 Å². The fourth-order valence-electron chi connectivity index (χ4n) is 2.51. The van der Waals surface area contributed by atoms with Crippen LogP contribution >= 0.6 is 0 Å². The molecule has 0 aliphatic carbocycles. The molecule has 1 aliphatic heterocycles. The number of nitrogens with zero attached hydrogens (tertiary/aromatic N) is 3. The number of H-pyrrole nitrogens is 1. The molecule has 4 atom stereocenters. The first kappa shape index (κ1) is 14.6. The van der Waals surface area contributed by atoms with Gasteiger partial charge in [-0.2, -0.15) is 0 Å². The number of aromatic amines is 1. The van der Waals surface area contributed by atoms with Crippen LogP contribution in [-0.4, -0.2) is 54.3 Å². The molecule has 118 valence electrons. The van der Waals surface area contributed by atoms with Crippen molar-refractivity contribution in [2.45, 2.75) is 24.0 Å². The number of rotatable bonds is 3. The topological polar surface area (TPSA) is 139 Å². The Morgan fingerprint density at radius 1 is 1.68 bits per heavy atom. The number of halogens is 1. The molecule has 5 N–H and O–H groups in total. The van der Waals surface area contributed by atoms with Gasteiger partial charge in [-0.05, 0) is 0 Å². The Balaban J connectivity index is 2.13. The Hall–Kier alpha value is -2.30. The van der Waals surface area contributed by atoms with E-state index in [-0.39, 0.29) is 17.3 Å². The fraction of sp³-hybridized carbons (Fsp3) is 0.417. The first-order chi connectivity index (χ1) is 10.4. The largest absolute Gasteiger partial charge is 0.393 e. The summed E-state index contributed by atoms with van der Waals surface area (Å²) in [5, 5.41) is 23.2. The summed E-state index contributed by atoms with van der Waals surface area (Å²) >= 11 is 0. The highest BCUT2D eigenvalue weighted by atomic mass is 19.1. The van der Waals surface area contributed by atoms with Gasteiger partial charge in [-0.15, -0.1) is 11.7 Å². The second-order valence-corrected chi connectivity index (χ2v) is 5.00. The average Bonchev–Trinajstić information content (AvgIpc) is 3.01. The second kappa shape index (κ2) is 4.87. The number of nitrogens with two attached hydrogens (primary N) is 1. The highest BCUT2D eigenvalue weighted by Gasteiger charge is 2.54. The molecule has 0 spiro atoms. The second-order valence-electron chi connectivity index (χ2n) is 5.00. The van der Waals surface area contributed by atoms with Gasteiger partial charge in [-0.3, -0.25) is 9.78 Å². The van der Waals surface area contributed by atoms with Crippen molar-refractivity contribution < 1.29 is 19.3 Å². The van der Waals surface area contributed by atoms with Crippen LogP contribution in [0.15, 0.2) is 23.6 Å². The monoisotopic (exact) mass is 311 g/mol. The highest BCUT2D eigenvalue weighted by molar-refractivity contribution is 5.39. The Bertz CT molecular complexity index is 789. The van der Waals surface area contributed by atoms with Crippen LogP contribution in [0.5, 0.6) is 0 Å². The lowest BCUT2D eigenvalue weighted by Crippen LogP contribution is -2.43. The van der Waals surface area contributed by atoms with Crippen LogP contribution in [0.2, 0.25) is 0 Å². The van der Waals surface area contributed by atoms with Gasteiger partial charge in [0.15, 0.2) is 6.17 Å². The number of aliphatic hydroxyl groups excluding tert-OH is 2. The molecule has 3 rings (SSSR count). The fourth-order valence-corrected chi connectivity index (χ4v) is 2.51. The van der Waals surface area contributed by atoms with Crippen molar-refractivity contribution in [1.29, 1.82) is 0 Å². The van der Waals surface area contributed by atoms with Crippen molar-refractivity contribution in [1.82, 2.24) is 19.6 Å². The van der Waals surface area contributed by atoms with Gasteiger partial charge >= 0.3 is 0 Å². The average molecular weight is 311 g/mol. The summed E-state index contributed by atoms with van der Waals surface area (Å²) in [5.41, 5.74) is 3.24. The zero-order valence-electron chi connectivity index (χ0n) is 11.3. The standard InChI is InChI=1S/C12H14FN5O4/c1-2-12(4-19)8(20)6(13)7(22-12)5-3-15-9-10(21)16-11(14)17-18(5)9/h2-3,6-8,19-20H,1,4H2,(H3,14,16,17,21). The summed E-state index contributed by atoms with van der Waals surface area (Å²) < 4.78 is 20.9. The van der Waals surface area contributed by atoms with E-state index in [9.17, 15) is 19.4 Å². The summed E-state index contributed by atoms with van der Waals surface area (Å²) in [6.07, 6.45) is -2.43. The Labute approximate surface area is 122 Å². The summed E-state index contributed by atoms with van der Waals surface area (Å²) in [7, 11) is 0. The molecule has 0 aromatic carbocycles. The predicted molar refractivity (Wildman–Crippen MR) is 72.8 cm³/mol. The molecule has 2 aromatic rings. The van der Waals surface area contributed by atoms with Crippen LogP contribution in [0.4, 0.5) is 10.3 Å². The number of imidazole rings is 1. The number of nitrogens with one attached hydrogen (secondary N) is 1. The third-order valence-electron chi connectivity index (χ3n) is 3.74. The minimum atomic E-state index is -1.87. The molecule has 3 heterocycles. The molecular formula is C12H14FN5O4. The van der Waals surface area contributed by atoms with Crippen molar-refractivity contribution in [3.05, 3.63) is 34.9 Å². The number of anilines is 1. The molecule has 1 aliphatic rings. The van der Waals surface area contributed by atoms with E-state index in [1.54, 1.807) is 0 Å². The van der Waals surface area contributed by atoms with Crippen molar-refractivity contribution in [2.75, 3.05) is 12.3 Å². The lowest BCUT2D eigenvalue weighted by Gasteiger charge is -2.25. The van der Waals surface area contributed by atoms with E-state index in [1.165, 1.54) is 6.20 Å². The van der Waals surface area contributed by atoms with E-state index in [0.29, 0.717) is 0 Å². The van der Waals surface area contributed by atoms with E-state index in [4.69, 9.17) is 10.5 Å². The third-order valence-corrected chi connectivity index (χ3v) is 3.74. The number of nitrogen functional groups attached to an aromatic ring is 1. The molecule has 9 nitrogen and oxygen atoms in total. The Morgan fingerprint density at radius 2 is 2.41 bits per heavy atom. The molecule has 0 bridgehead atoms. The number of aromatic nitrogens is 4. The lowest BCUT2D eigenvalue weighted by atomic mass is 9.96. The first-order valence-corrected chi connectivity index (χ1v) is 6.41. The summed E-state index contributed by atoms with van der Waals surface area (Å²) in [6.45, 7) is 2.80. The maximum atomic E-state index is 14.4. The van der Waals surface area contributed by atoms with Gasteiger partial charge in [-0.25, -0.2) is 13.9 Å². The normalized spacial score (nSPS) is 31.7. The Kier molecular flexibility index (Phi) is 3.24. The highest BCUT2D eigenvalue weighted by Crippen LogP contribution is 2.42. The molecule has 1 saturated heterocycles. The zero-order chi connectivity index (χ0) is 16.1. The van der Waals surface area contributed by atoms with Crippen molar-refractivity contribution in [2.24, 2.45) is 0 Å². The molecule has 0 radical (unpaired) electrons. The SMILES string of the molecule is C=CC1(CO)OC(c2cnc3c(=O)[nH]c(N)nn23)C(F)C1O. The van der Waals surface area contributed by atoms with Gasteiger partial charge in [0.2, 0.25) is 11.6 Å². The molecule has 0 amide bonds. The number of alkyl halides is 1. The number of hydrogen-bond acceptors (Lipinski definition) is 7. The zero-order valence-corrected chi connectivity index (χ0v) is 11.3. The van der Waals surface area contributed by atoms with Gasteiger partial charge in [0.25, 0.3) is 5.56 Å². The molecule has 2 aromatic heterocycles. The molecule has 1 fully saturated rings. The lowest BCUT2D eigenvalue weighted by molar-refractivity contribution is -0.0798. The van der Waals surface area contributed by atoms with Crippen molar-refractivity contribution >= 4 is 11.6 Å². The maximum absolute atomic E-state index is 14.4. The minimum absolute atomic E-state index is 0.0883. The molecule has 4 unspecified atom stereocenters. The smallest absolute Gasteiger partial charge is 0.295 e. The maximum Gasteiger partial charge on any atom is 0.295 e. The number of ether oxygens (including phenoxy) is 1. The van der Waals surface area contributed by atoms with Gasteiger partial charge in [0.1, 0.15) is 17.8 Å². The van der Waals surface area contributed by atoms with Crippen molar-refractivity contribution in [3.63, 3.8) is 0 Å². The number of hydrogen-bond donors (Lipinski definition) is 4. The quantitative estimate of drug-likeness (QED) is 0.516. The summed E-state index contributed by atoms with van der Waals surface area (Å²) in [6, 6.07) is 0. The Morgan fingerprint density at radius 3 is 3.00 bits per heavy atom. The van der Waals surface area contributed by atoms with Crippen LogP contribution in [0.25, 0.3) is 5.65 Å². The van der Waals surface area contributed by atoms with E-state index in [1.807, 2.05) is 0 Å².